The van der Waals surface area contributed by atoms with Crippen molar-refractivity contribution in [1.29, 1.82) is 0 Å². The minimum atomic E-state index is -3.77. The molecule has 0 saturated carbocycles. The van der Waals surface area contributed by atoms with Gasteiger partial charge < -0.3 is 9.64 Å². The Morgan fingerprint density at radius 3 is 2.16 bits per heavy atom. The van der Waals surface area contributed by atoms with Crippen molar-refractivity contribution < 1.29 is 26.4 Å². The number of piperazine rings is 1. The van der Waals surface area contributed by atoms with E-state index in [-0.39, 0.29) is 52.5 Å². The molecule has 0 aliphatic carbocycles. The number of hydrogen-bond acceptors (Lipinski definition) is 7. The Balaban J connectivity index is 1.52. The molecule has 0 atom stereocenters. The Morgan fingerprint density at radius 2 is 1.56 bits per heavy atom. The summed E-state index contributed by atoms with van der Waals surface area (Å²) in [4.78, 5) is 14.6. The zero-order chi connectivity index (χ0) is 22.9. The molecule has 2 fully saturated rings. The lowest BCUT2D eigenvalue weighted by atomic mass is 10.1. The molecule has 0 unspecified atom stereocenters. The zero-order valence-electron chi connectivity index (χ0n) is 17.6. The number of carbonyl (C=O) groups is 1. The van der Waals surface area contributed by atoms with E-state index in [1.165, 1.54) is 27.9 Å². The second-order valence-corrected chi connectivity index (χ2v) is 12.6. The Hall–Kier alpha value is -1.99. The topological polar surface area (TPSA) is 104 Å². The highest BCUT2D eigenvalue weighted by Crippen LogP contribution is 2.30. The summed E-state index contributed by atoms with van der Waals surface area (Å²) in [6, 6.07) is 7.65. The Bertz CT molecular complexity index is 1180. The van der Waals surface area contributed by atoms with Crippen LogP contribution in [0.2, 0.25) is 0 Å². The summed E-state index contributed by atoms with van der Waals surface area (Å²) in [6.07, 6.45) is 1.61. The van der Waals surface area contributed by atoms with Crippen LogP contribution in [0.1, 0.15) is 23.2 Å². The first-order chi connectivity index (χ1) is 15.2. The van der Waals surface area contributed by atoms with Crippen LogP contribution in [-0.2, 0) is 20.0 Å². The van der Waals surface area contributed by atoms with E-state index in [0.29, 0.717) is 13.1 Å². The molecule has 4 rings (SSSR count). The Morgan fingerprint density at radius 1 is 0.906 bits per heavy atom. The molecule has 1 aromatic carbocycles. The Kier molecular flexibility index (Phi) is 6.59. The second-order valence-electron chi connectivity index (χ2n) is 7.61. The smallest absolute Gasteiger partial charge is 0.253 e. The predicted molar refractivity (Wildman–Crippen MR) is 120 cm³/mol. The lowest BCUT2D eigenvalue weighted by Gasteiger charge is -2.33. The minimum absolute atomic E-state index is 0.0216. The largest absolute Gasteiger partial charge is 0.495 e. The molecule has 0 bridgehead atoms. The van der Waals surface area contributed by atoms with Crippen LogP contribution in [0.5, 0.6) is 5.75 Å². The van der Waals surface area contributed by atoms with Gasteiger partial charge in [-0.2, -0.15) is 8.61 Å². The molecular weight excluding hydrogens is 474 g/mol. The van der Waals surface area contributed by atoms with Gasteiger partial charge in [-0.3, -0.25) is 4.79 Å². The van der Waals surface area contributed by atoms with Crippen LogP contribution < -0.4 is 4.74 Å². The third-order valence-electron chi connectivity index (χ3n) is 5.71. The van der Waals surface area contributed by atoms with Crippen molar-refractivity contribution in [1.82, 2.24) is 13.5 Å². The molecule has 2 aliphatic rings. The number of hydrogen-bond donors (Lipinski definition) is 0. The first-order valence-corrected chi connectivity index (χ1v) is 14.0. The van der Waals surface area contributed by atoms with E-state index < -0.39 is 20.0 Å². The fourth-order valence-corrected chi connectivity index (χ4v) is 8.20. The fourth-order valence-electron chi connectivity index (χ4n) is 3.93. The first kappa shape index (κ1) is 23.2. The lowest BCUT2D eigenvalue weighted by molar-refractivity contribution is 0.0697. The molecule has 32 heavy (non-hydrogen) atoms. The van der Waals surface area contributed by atoms with Gasteiger partial charge in [0.05, 0.1) is 7.11 Å². The van der Waals surface area contributed by atoms with Crippen molar-refractivity contribution in [2.45, 2.75) is 21.9 Å². The van der Waals surface area contributed by atoms with E-state index in [0.717, 1.165) is 24.2 Å². The van der Waals surface area contributed by atoms with E-state index >= 15 is 0 Å². The Labute approximate surface area is 192 Å². The molecule has 174 valence electrons. The molecular formula is C20H25N3O6S3. The number of amides is 1. The van der Waals surface area contributed by atoms with Gasteiger partial charge in [-0.15, -0.1) is 11.3 Å². The van der Waals surface area contributed by atoms with Gasteiger partial charge >= 0.3 is 0 Å². The normalized spacial score (nSPS) is 18.7. The van der Waals surface area contributed by atoms with Crippen LogP contribution in [-0.4, -0.2) is 82.6 Å². The third kappa shape index (κ3) is 4.29. The van der Waals surface area contributed by atoms with Crippen molar-refractivity contribution in [2.24, 2.45) is 0 Å². The van der Waals surface area contributed by atoms with Crippen LogP contribution in [0.4, 0.5) is 0 Å². The van der Waals surface area contributed by atoms with Crippen molar-refractivity contribution in [3.8, 4) is 5.75 Å². The van der Waals surface area contributed by atoms with Crippen LogP contribution in [0, 0.1) is 0 Å². The highest BCUT2D eigenvalue weighted by Gasteiger charge is 2.33. The van der Waals surface area contributed by atoms with Gasteiger partial charge in [0, 0.05) is 44.8 Å². The highest BCUT2D eigenvalue weighted by molar-refractivity contribution is 7.91. The van der Waals surface area contributed by atoms with E-state index in [9.17, 15) is 21.6 Å². The summed E-state index contributed by atoms with van der Waals surface area (Å²) in [7, 11) is -5.94. The molecule has 0 radical (unpaired) electrons. The first-order valence-electron chi connectivity index (χ1n) is 10.3. The van der Waals surface area contributed by atoms with E-state index in [2.05, 4.69) is 0 Å². The summed E-state index contributed by atoms with van der Waals surface area (Å²) >= 11 is 1.16. The van der Waals surface area contributed by atoms with Crippen LogP contribution in [0.3, 0.4) is 0 Å². The number of nitrogens with zero attached hydrogens (tertiary/aromatic N) is 3. The van der Waals surface area contributed by atoms with Crippen LogP contribution in [0.15, 0.2) is 44.8 Å². The molecule has 3 heterocycles. The monoisotopic (exact) mass is 499 g/mol. The average molecular weight is 500 g/mol. The quantitative estimate of drug-likeness (QED) is 0.599. The van der Waals surface area contributed by atoms with Crippen LogP contribution in [0.25, 0.3) is 0 Å². The number of thiophene rings is 1. The molecule has 2 saturated heterocycles. The predicted octanol–water partition coefficient (Wildman–Crippen LogP) is 1.69. The summed E-state index contributed by atoms with van der Waals surface area (Å²) in [5.41, 5.74) is 0.234. The van der Waals surface area contributed by atoms with Gasteiger partial charge in [-0.1, -0.05) is 6.07 Å². The van der Waals surface area contributed by atoms with Gasteiger partial charge in [0.25, 0.3) is 15.9 Å². The van der Waals surface area contributed by atoms with Crippen molar-refractivity contribution in [3.63, 3.8) is 0 Å². The molecule has 1 aromatic heterocycles. The minimum Gasteiger partial charge on any atom is -0.495 e. The third-order valence-corrected chi connectivity index (χ3v) is 10.9. The van der Waals surface area contributed by atoms with Crippen molar-refractivity contribution >= 4 is 37.3 Å². The maximum atomic E-state index is 13.1. The molecule has 2 aliphatic heterocycles. The maximum Gasteiger partial charge on any atom is 0.253 e. The summed E-state index contributed by atoms with van der Waals surface area (Å²) in [5, 5.41) is 1.71. The number of benzene rings is 1. The number of sulfonamides is 2. The van der Waals surface area contributed by atoms with Crippen LogP contribution >= 0.6 is 11.3 Å². The van der Waals surface area contributed by atoms with Crippen molar-refractivity contribution in [3.05, 3.63) is 41.3 Å². The fraction of sp³-hybridized carbons (Fsp3) is 0.450. The average Bonchev–Trinajstić information content (AvgIpc) is 3.53. The van der Waals surface area contributed by atoms with Gasteiger partial charge in [-0.25, -0.2) is 16.8 Å². The molecule has 1 amide bonds. The second kappa shape index (κ2) is 9.10. The highest BCUT2D eigenvalue weighted by atomic mass is 32.2. The standard InChI is InChI=1S/C20H25N3O6S3/c1-29-17-7-6-16(15-18(17)31(25,26)22-8-2-3-9-22)20(24)21-10-12-23(13-11-21)32(27,28)19-5-4-14-30-19/h4-7,14-15H,2-3,8-13H2,1H3. The molecule has 0 N–H and O–H groups in total. The number of carbonyl (C=O) groups excluding carboxylic acids is 1. The SMILES string of the molecule is COc1ccc(C(=O)N2CCN(S(=O)(=O)c3cccs3)CC2)cc1S(=O)(=O)N1CCCC1. The van der Waals surface area contributed by atoms with Crippen molar-refractivity contribution in [2.75, 3.05) is 46.4 Å². The molecule has 9 nitrogen and oxygen atoms in total. The summed E-state index contributed by atoms with van der Waals surface area (Å²) in [6.45, 7) is 1.71. The van der Waals surface area contributed by atoms with E-state index in [1.54, 1.807) is 28.5 Å². The van der Waals surface area contributed by atoms with Gasteiger partial charge in [-0.05, 0) is 42.5 Å². The molecule has 2 aromatic rings. The van der Waals surface area contributed by atoms with Gasteiger partial charge in [0.2, 0.25) is 10.0 Å². The molecule has 0 spiro atoms. The number of methoxy groups -OCH3 is 1. The van der Waals surface area contributed by atoms with Gasteiger partial charge in [0.1, 0.15) is 14.9 Å². The lowest BCUT2D eigenvalue weighted by Crippen LogP contribution is -2.50. The van der Waals surface area contributed by atoms with E-state index in [1.807, 2.05) is 0 Å². The number of ether oxygens (including phenoxy) is 1. The summed E-state index contributed by atoms with van der Waals surface area (Å²) in [5.74, 6) is -0.140. The number of rotatable bonds is 6. The van der Waals surface area contributed by atoms with Gasteiger partial charge in [0.15, 0.2) is 0 Å². The maximum absolute atomic E-state index is 13.1. The van der Waals surface area contributed by atoms with E-state index in [4.69, 9.17) is 4.74 Å². The molecule has 12 heteroatoms. The zero-order valence-corrected chi connectivity index (χ0v) is 20.1. The summed E-state index contributed by atoms with van der Waals surface area (Å²) < 4.78 is 59.9.